The van der Waals surface area contributed by atoms with E-state index in [2.05, 4.69) is 31.0 Å². The molecule has 0 radical (unpaired) electrons. The van der Waals surface area contributed by atoms with Crippen LogP contribution < -0.4 is 5.32 Å². The van der Waals surface area contributed by atoms with Crippen LogP contribution in [0.5, 0.6) is 0 Å². The van der Waals surface area contributed by atoms with Crippen LogP contribution in [0.25, 0.3) is 0 Å². The average molecular weight is 281 g/mol. The van der Waals surface area contributed by atoms with Crippen LogP contribution in [0, 0.1) is 12.8 Å². The number of aryl methyl sites for hydroxylation is 1. The van der Waals surface area contributed by atoms with Crippen LogP contribution in [0.4, 0.5) is 0 Å². The molecular formula is C15H27N3S. The minimum absolute atomic E-state index is 0.906. The standard InChI is InChI=1S/C15H27N3S/c1-4-7-16-10-14-13(3)17-15(19-14)11-18-8-5-12(2)6-9-18/h12,16H,4-11H2,1-3H3. The fourth-order valence-corrected chi connectivity index (χ4v) is 3.59. The van der Waals surface area contributed by atoms with Crippen molar-refractivity contribution < 1.29 is 0 Å². The number of hydrogen-bond donors (Lipinski definition) is 1. The Morgan fingerprint density at radius 1 is 1.37 bits per heavy atom. The maximum absolute atomic E-state index is 4.74. The van der Waals surface area contributed by atoms with Gasteiger partial charge in [-0.15, -0.1) is 11.3 Å². The predicted molar refractivity (Wildman–Crippen MR) is 82.5 cm³/mol. The second kappa shape index (κ2) is 7.36. The summed E-state index contributed by atoms with van der Waals surface area (Å²) in [7, 11) is 0. The summed E-state index contributed by atoms with van der Waals surface area (Å²) < 4.78 is 0. The van der Waals surface area contributed by atoms with Crippen LogP contribution in [-0.2, 0) is 13.1 Å². The summed E-state index contributed by atoms with van der Waals surface area (Å²) in [6.07, 6.45) is 3.88. The molecule has 0 atom stereocenters. The summed E-state index contributed by atoms with van der Waals surface area (Å²) in [4.78, 5) is 8.71. The first-order valence-electron chi connectivity index (χ1n) is 7.57. The van der Waals surface area contributed by atoms with Crippen LogP contribution in [0.15, 0.2) is 0 Å². The van der Waals surface area contributed by atoms with Gasteiger partial charge >= 0.3 is 0 Å². The maximum atomic E-state index is 4.74. The van der Waals surface area contributed by atoms with Gasteiger partial charge in [0.25, 0.3) is 0 Å². The highest BCUT2D eigenvalue weighted by Gasteiger charge is 2.17. The van der Waals surface area contributed by atoms with Crippen molar-refractivity contribution in [2.24, 2.45) is 5.92 Å². The molecule has 0 spiro atoms. The fourth-order valence-electron chi connectivity index (χ4n) is 2.51. The summed E-state index contributed by atoms with van der Waals surface area (Å²) in [6, 6.07) is 0. The molecule has 1 aromatic heterocycles. The number of thiazole rings is 1. The number of hydrogen-bond acceptors (Lipinski definition) is 4. The van der Waals surface area contributed by atoms with Crippen molar-refractivity contribution in [3.05, 3.63) is 15.6 Å². The second-order valence-electron chi connectivity index (χ2n) is 5.75. The van der Waals surface area contributed by atoms with Gasteiger partial charge in [-0.1, -0.05) is 13.8 Å². The molecule has 0 unspecified atom stereocenters. The largest absolute Gasteiger partial charge is 0.312 e. The van der Waals surface area contributed by atoms with E-state index in [0.717, 1.165) is 25.6 Å². The van der Waals surface area contributed by atoms with E-state index in [-0.39, 0.29) is 0 Å². The molecular weight excluding hydrogens is 254 g/mol. The van der Waals surface area contributed by atoms with Gasteiger partial charge in [0, 0.05) is 11.4 Å². The monoisotopic (exact) mass is 281 g/mol. The minimum atomic E-state index is 0.906. The molecule has 2 rings (SSSR count). The van der Waals surface area contributed by atoms with E-state index in [0.29, 0.717) is 0 Å². The van der Waals surface area contributed by atoms with Crippen LogP contribution in [0.1, 0.15) is 48.7 Å². The Kier molecular flexibility index (Phi) is 5.79. The van der Waals surface area contributed by atoms with E-state index >= 15 is 0 Å². The third-order valence-corrected chi connectivity index (χ3v) is 5.03. The molecule has 4 heteroatoms. The highest BCUT2D eigenvalue weighted by atomic mass is 32.1. The Labute approximate surface area is 121 Å². The molecule has 3 nitrogen and oxygen atoms in total. The first-order valence-corrected chi connectivity index (χ1v) is 8.39. The predicted octanol–water partition coefficient (Wildman–Crippen LogP) is 3.18. The van der Waals surface area contributed by atoms with Gasteiger partial charge < -0.3 is 5.32 Å². The van der Waals surface area contributed by atoms with Gasteiger partial charge in [0.15, 0.2) is 0 Å². The zero-order valence-corrected chi connectivity index (χ0v) is 13.4. The molecule has 0 bridgehead atoms. The quantitative estimate of drug-likeness (QED) is 0.812. The van der Waals surface area contributed by atoms with Crippen molar-refractivity contribution >= 4 is 11.3 Å². The lowest BCUT2D eigenvalue weighted by atomic mass is 9.99. The Bertz CT molecular complexity index is 381. The normalized spacial score (nSPS) is 18.1. The van der Waals surface area contributed by atoms with Crippen LogP contribution in [-0.4, -0.2) is 29.5 Å². The van der Waals surface area contributed by atoms with Crippen molar-refractivity contribution in [3.8, 4) is 0 Å². The van der Waals surface area contributed by atoms with Gasteiger partial charge in [0.05, 0.1) is 12.2 Å². The van der Waals surface area contributed by atoms with E-state index in [4.69, 9.17) is 4.98 Å². The molecule has 0 saturated carbocycles. The summed E-state index contributed by atoms with van der Waals surface area (Å²) in [5.41, 5.74) is 1.22. The smallest absolute Gasteiger partial charge is 0.107 e. The highest BCUT2D eigenvalue weighted by Crippen LogP contribution is 2.22. The van der Waals surface area contributed by atoms with E-state index < -0.39 is 0 Å². The average Bonchev–Trinajstić information content (AvgIpc) is 2.73. The number of nitrogens with one attached hydrogen (secondary N) is 1. The van der Waals surface area contributed by atoms with Gasteiger partial charge in [-0.05, 0) is 51.7 Å². The summed E-state index contributed by atoms with van der Waals surface area (Å²) >= 11 is 1.89. The molecule has 1 saturated heterocycles. The molecule has 0 aliphatic carbocycles. The number of nitrogens with zero attached hydrogens (tertiary/aromatic N) is 2. The molecule has 1 aliphatic heterocycles. The van der Waals surface area contributed by atoms with Crippen molar-refractivity contribution in [2.45, 2.75) is 53.1 Å². The first-order chi connectivity index (χ1) is 9.19. The van der Waals surface area contributed by atoms with Gasteiger partial charge in [0.2, 0.25) is 0 Å². The van der Waals surface area contributed by atoms with E-state index in [1.165, 1.54) is 47.9 Å². The number of aromatic nitrogens is 1. The Morgan fingerprint density at radius 3 is 2.79 bits per heavy atom. The van der Waals surface area contributed by atoms with Crippen LogP contribution >= 0.6 is 11.3 Å². The topological polar surface area (TPSA) is 28.2 Å². The van der Waals surface area contributed by atoms with Gasteiger partial charge in [0.1, 0.15) is 5.01 Å². The Hall–Kier alpha value is -0.450. The van der Waals surface area contributed by atoms with Crippen LogP contribution in [0.3, 0.4) is 0 Å². The molecule has 108 valence electrons. The third kappa shape index (κ3) is 4.55. The molecule has 1 aliphatic rings. The number of rotatable bonds is 6. The van der Waals surface area contributed by atoms with Crippen molar-refractivity contribution in [1.82, 2.24) is 15.2 Å². The van der Waals surface area contributed by atoms with Gasteiger partial charge in [-0.25, -0.2) is 4.98 Å². The Balaban J connectivity index is 1.85. The zero-order valence-electron chi connectivity index (χ0n) is 12.5. The number of likely N-dealkylation sites (tertiary alicyclic amines) is 1. The number of piperidine rings is 1. The van der Waals surface area contributed by atoms with Gasteiger partial charge in [-0.2, -0.15) is 0 Å². The van der Waals surface area contributed by atoms with Gasteiger partial charge in [-0.3, -0.25) is 4.90 Å². The molecule has 1 fully saturated rings. The summed E-state index contributed by atoms with van der Waals surface area (Å²) in [6.45, 7) is 12.3. The molecule has 0 amide bonds. The lowest BCUT2D eigenvalue weighted by Gasteiger charge is -2.29. The third-order valence-electron chi connectivity index (χ3n) is 3.88. The SMILES string of the molecule is CCCNCc1sc(CN2CCC(C)CC2)nc1C. The second-order valence-corrected chi connectivity index (χ2v) is 6.92. The maximum Gasteiger partial charge on any atom is 0.107 e. The van der Waals surface area contributed by atoms with E-state index in [1.54, 1.807) is 0 Å². The molecule has 19 heavy (non-hydrogen) atoms. The van der Waals surface area contributed by atoms with Crippen molar-refractivity contribution in [3.63, 3.8) is 0 Å². The zero-order chi connectivity index (χ0) is 13.7. The summed E-state index contributed by atoms with van der Waals surface area (Å²) in [5, 5.41) is 4.76. The lowest BCUT2D eigenvalue weighted by molar-refractivity contribution is 0.185. The minimum Gasteiger partial charge on any atom is -0.312 e. The highest BCUT2D eigenvalue weighted by molar-refractivity contribution is 7.11. The van der Waals surface area contributed by atoms with E-state index in [9.17, 15) is 0 Å². The van der Waals surface area contributed by atoms with E-state index in [1.807, 2.05) is 11.3 Å². The molecule has 1 N–H and O–H groups in total. The van der Waals surface area contributed by atoms with Crippen LogP contribution in [0.2, 0.25) is 0 Å². The molecule has 2 heterocycles. The molecule has 1 aromatic rings. The Morgan fingerprint density at radius 2 is 2.11 bits per heavy atom. The van der Waals surface area contributed by atoms with Crippen molar-refractivity contribution in [2.75, 3.05) is 19.6 Å². The lowest BCUT2D eigenvalue weighted by Crippen LogP contribution is -2.32. The van der Waals surface area contributed by atoms with Crippen molar-refractivity contribution in [1.29, 1.82) is 0 Å². The fraction of sp³-hybridized carbons (Fsp3) is 0.800. The molecule has 0 aromatic carbocycles. The summed E-state index contributed by atoms with van der Waals surface area (Å²) in [5.74, 6) is 0.906. The first kappa shape index (κ1) is 14.9.